The fourth-order valence-corrected chi connectivity index (χ4v) is 6.48. The molecule has 0 unspecified atom stereocenters. The molecule has 0 heterocycles. The standard InChI is InChI=1S/C34H36BrN3O4S/c1-3-26-17-21-30(22-18-26)38(43(41,42)31-13-9-6-10-14-31)25-33(39)37(24-28-15-19-29(35)20-16-28)32(34(40)36-4-2)23-27-11-7-5-8-12-27/h5-22,32H,3-4,23-25H2,1-2H3,(H,36,40)/t32-/m1/s1. The van der Waals surface area contributed by atoms with Gasteiger partial charge in [0.15, 0.2) is 0 Å². The van der Waals surface area contributed by atoms with E-state index < -0.39 is 28.5 Å². The Balaban J connectivity index is 1.78. The number of nitrogens with one attached hydrogen (secondary N) is 1. The SMILES string of the molecule is CCNC(=O)[C@@H](Cc1ccccc1)N(Cc1ccc(Br)cc1)C(=O)CN(c1ccc(CC)cc1)S(=O)(=O)c1ccccc1. The number of hydrogen-bond donors (Lipinski definition) is 1. The first-order valence-corrected chi connectivity index (χ1v) is 16.5. The Labute approximate surface area is 262 Å². The predicted octanol–water partition coefficient (Wildman–Crippen LogP) is 5.98. The third-order valence-corrected chi connectivity index (χ3v) is 9.45. The number of sulfonamides is 1. The molecule has 0 radical (unpaired) electrons. The van der Waals surface area contributed by atoms with Crippen molar-refractivity contribution in [2.75, 3.05) is 17.4 Å². The lowest BCUT2D eigenvalue weighted by Gasteiger charge is -2.34. The largest absolute Gasteiger partial charge is 0.355 e. The van der Waals surface area contributed by atoms with Gasteiger partial charge in [0.2, 0.25) is 11.8 Å². The first-order valence-electron chi connectivity index (χ1n) is 14.2. The van der Waals surface area contributed by atoms with Crippen LogP contribution in [0.15, 0.2) is 119 Å². The Bertz CT molecular complexity index is 1600. The van der Waals surface area contributed by atoms with E-state index >= 15 is 0 Å². The van der Waals surface area contributed by atoms with E-state index in [0.29, 0.717) is 12.2 Å². The van der Waals surface area contributed by atoms with E-state index in [0.717, 1.165) is 31.9 Å². The molecule has 0 saturated heterocycles. The van der Waals surface area contributed by atoms with Crippen LogP contribution in [0.2, 0.25) is 0 Å². The van der Waals surface area contributed by atoms with Crippen molar-refractivity contribution in [2.45, 2.75) is 44.2 Å². The maximum absolute atomic E-state index is 14.4. The molecule has 1 atom stereocenters. The minimum absolute atomic E-state index is 0.0754. The van der Waals surface area contributed by atoms with Gasteiger partial charge < -0.3 is 10.2 Å². The van der Waals surface area contributed by atoms with Crippen LogP contribution in [-0.4, -0.2) is 44.3 Å². The van der Waals surface area contributed by atoms with Gasteiger partial charge in [0.05, 0.1) is 10.6 Å². The average Bonchev–Trinajstić information content (AvgIpc) is 3.03. The van der Waals surface area contributed by atoms with E-state index in [9.17, 15) is 18.0 Å². The Morgan fingerprint density at radius 3 is 1.93 bits per heavy atom. The quantitative estimate of drug-likeness (QED) is 0.191. The van der Waals surface area contributed by atoms with E-state index in [1.165, 1.54) is 17.0 Å². The number of aryl methyl sites for hydroxylation is 1. The topological polar surface area (TPSA) is 86.8 Å². The van der Waals surface area contributed by atoms with Gasteiger partial charge in [-0.3, -0.25) is 13.9 Å². The highest BCUT2D eigenvalue weighted by Crippen LogP contribution is 2.26. The number of amides is 2. The maximum atomic E-state index is 14.4. The van der Waals surface area contributed by atoms with Crippen molar-refractivity contribution in [3.05, 3.63) is 130 Å². The van der Waals surface area contributed by atoms with Crippen LogP contribution in [0, 0.1) is 0 Å². The summed E-state index contributed by atoms with van der Waals surface area (Å²) in [5.41, 5.74) is 3.11. The smallest absolute Gasteiger partial charge is 0.264 e. The van der Waals surface area contributed by atoms with Crippen LogP contribution >= 0.6 is 15.9 Å². The fraction of sp³-hybridized carbons (Fsp3) is 0.235. The molecular formula is C34H36BrN3O4S. The number of nitrogens with zero attached hydrogens (tertiary/aromatic N) is 2. The maximum Gasteiger partial charge on any atom is 0.264 e. The normalized spacial score (nSPS) is 11.9. The summed E-state index contributed by atoms with van der Waals surface area (Å²) in [6.07, 6.45) is 1.06. The molecule has 0 aromatic heterocycles. The molecule has 0 aliphatic heterocycles. The monoisotopic (exact) mass is 661 g/mol. The number of rotatable bonds is 13. The van der Waals surface area contributed by atoms with Crippen molar-refractivity contribution >= 4 is 43.5 Å². The lowest BCUT2D eigenvalue weighted by atomic mass is 10.0. The highest BCUT2D eigenvalue weighted by Gasteiger charge is 2.34. The third-order valence-electron chi connectivity index (χ3n) is 7.13. The molecule has 9 heteroatoms. The van der Waals surface area contributed by atoms with Gasteiger partial charge in [-0.2, -0.15) is 0 Å². The summed E-state index contributed by atoms with van der Waals surface area (Å²) in [6, 6.07) is 31.4. The molecule has 4 aromatic rings. The molecule has 7 nitrogen and oxygen atoms in total. The van der Waals surface area contributed by atoms with Crippen LogP contribution in [0.1, 0.15) is 30.5 Å². The zero-order valence-electron chi connectivity index (χ0n) is 24.3. The first-order chi connectivity index (χ1) is 20.7. The van der Waals surface area contributed by atoms with E-state index in [1.54, 1.807) is 30.3 Å². The van der Waals surface area contributed by atoms with Crippen molar-refractivity contribution in [3.8, 4) is 0 Å². The van der Waals surface area contributed by atoms with Gasteiger partial charge in [-0.15, -0.1) is 0 Å². The Hall–Kier alpha value is -3.95. The molecule has 0 bridgehead atoms. The Morgan fingerprint density at radius 2 is 1.35 bits per heavy atom. The van der Waals surface area contributed by atoms with Crippen LogP contribution in [-0.2, 0) is 39.0 Å². The fourth-order valence-electron chi connectivity index (χ4n) is 4.78. The van der Waals surface area contributed by atoms with Crippen LogP contribution in [0.25, 0.3) is 0 Å². The van der Waals surface area contributed by atoms with Gasteiger partial charge in [-0.1, -0.05) is 95.7 Å². The number of carbonyl (C=O) groups is 2. The Kier molecular flexibility index (Phi) is 11.1. The van der Waals surface area contributed by atoms with Crippen LogP contribution in [0.3, 0.4) is 0 Å². The molecule has 1 N–H and O–H groups in total. The van der Waals surface area contributed by atoms with E-state index in [2.05, 4.69) is 21.2 Å². The summed E-state index contributed by atoms with van der Waals surface area (Å²) < 4.78 is 30.0. The van der Waals surface area contributed by atoms with Crippen molar-refractivity contribution in [2.24, 2.45) is 0 Å². The van der Waals surface area contributed by atoms with Gasteiger partial charge in [0.1, 0.15) is 12.6 Å². The van der Waals surface area contributed by atoms with Gasteiger partial charge in [-0.25, -0.2) is 8.42 Å². The zero-order valence-corrected chi connectivity index (χ0v) is 26.7. The van der Waals surface area contributed by atoms with Crippen molar-refractivity contribution < 1.29 is 18.0 Å². The summed E-state index contributed by atoms with van der Waals surface area (Å²) in [4.78, 5) is 29.5. The van der Waals surface area contributed by atoms with Crippen molar-refractivity contribution in [3.63, 3.8) is 0 Å². The minimum Gasteiger partial charge on any atom is -0.355 e. The number of anilines is 1. The average molecular weight is 663 g/mol. The van der Waals surface area contributed by atoms with E-state index in [-0.39, 0.29) is 23.8 Å². The predicted molar refractivity (Wildman–Crippen MR) is 174 cm³/mol. The van der Waals surface area contributed by atoms with Gasteiger partial charge in [0, 0.05) is 24.0 Å². The van der Waals surface area contributed by atoms with Gasteiger partial charge in [0.25, 0.3) is 10.0 Å². The minimum atomic E-state index is -4.12. The molecule has 2 amide bonds. The molecule has 4 rings (SSSR count). The second-order valence-electron chi connectivity index (χ2n) is 10.1. The lowest BCUT2D eigenvalue weighted by molar-refractivity contribution is -0.140. The van der Waals surface area contributed by atoms with Crippen molar-refractivity contribution in [1.82, 2.24) is 10.2 Å². The number of halogens is 1. The summed E-state index contributed by atoms with van der Waals surface area (Å²) in [5.74, 6) is -0.796. The highest BCUT2D eigenvalue weighted by molar-refractivity contribution is 9.10. The van der Waals surface area contributed by atoms with Crippen molar-refractivity contribution in [1.29, 1.82) is 0 Å². The molecule has 0 aliphatic carbocycles. The lowest BCUT2D eigenvalue weighted by Crippen LogP contribution is -2.53. The van der Waals surface area contributed by atoms with Crippen LogP contribution in [0.5, 0.6) is 0 Å². The number of carbonyl (C=O) groups excluding carboxylic acids is 2. The number of likely N-dealkylation sites (N-methyl/N-ethyl adjacent to an activating group) is 1. The molecule has 0 saturated carbocycles. The third kappa shape index (κ3) is 8.33. The molecular weight excluding hydrogens is 626 g/mol. The number of hydrogen-bond acceptors (Lipinski definition) is 4. The summed E-state index contributed by atoms with van der Waals surface area (Å²) in [6.45, 7) is 3.87. The van der Waals surface area contributed by atoms with Gasteiger partial charge >= 0.3 is 0 Å². The Morgan fingerprint density at radius 1 is 0.767 bits per heavy atom. The number of benzene rings is 4. The van der Waals surface area contributed by atoms with E-state index in [1.807, 2.05) is 80.6 Å². The molecule has 0 spiro atoms. The molecule has 4 aromatic carbocycles. The van der Waals surface area contributed by atoms with Crippen LogP contribution < -0.4 is 9.62 Å². The van der Waals surface area contributed by atoms with Gasteiger partial charge in [-0.05, 0) is 66.4 Å². The molecule has 0 aliphatic rings. The zero-order chi connectivity index (χ0) is 30.8. The second-order valence-corrected chi connectivity index (χ2v) is 12.9. The van der Waals surface area contributed by atoms with E-state index in [4.69, 9.17) is 0 Å². The molecule has 0 fully saturated rings. The summed E-state index contributed by atoms with van der Waals surface area (Å²) >= 11 is 3.45. The first kappa shape index (κ1) is 32.0. The second kappa shape index (κ2) is 15.0. The summed E-state index contributed by atoms with van der Waals surface area (Å²) in [7, 11) is -4.12. The molecule has 224 valence electrons. The van der Waals surface area contributed by atoms with Crippen LogP contribution in [0.4, 0.5) is 5.69 Å². The highest BCUT2D eigenvalue weighted by atomic mass is 79.9. The summed E-state index contributed by atoms with van der Waals surface area (Å²) in [5, 5.41) is 2.88. The molecule has 43 heavy (non-hydrogen) atoms.